The number of ether oxygens (including phenoxy) is 3. The van der Waals surface area contributed by atoms with Crippen molar-refractivity contribution >= 4 is 148 Å². The summed E-state index contributed by atoms with van der Waals surface area (Å²) >= 11 is 15.4. The third kappa shape index (κ3) is 25.8. The molecule has 0 aromatic carbocycles. The molecule has 0 bridgehead atoms. The second-order valence-electron chi connectivity index (χ2n) is 22.4. The van der Waals surface area contributed by atoms with Gasteiger partial charge in [0.2, 0.25) is 23.6 Å². The third-order valence-corrected chi connectivity index (χ3v) is 20.7. The number of hydrogen-bond donors (Lipinski definition) is 0. The van der Waals surface area contributed by atoms with Crippen LogP contribution < -0.4 is 56.5 Å². The summed E-state index contributed by atoms with van der Waals surface area (Å²) in [5.41, 5.74) is -0.149. The number of halogens is 4. The second-order valence-corrected chi connectivity index (χ2v) is 30.4. The maximum Gasteiger partial charge on any atom is 1.00 e. The summed E-state index contributed by atoms with van der Waals surface area (Å²) in [7, 11) is -2.00. The van der Waals surface area contributed by atoms with E-state index in [1.165, 1.54) is 56.7 Å². The first kappa shape index (κ1) is 87.6. The number of nitriles is 9. The SMILES string of the molecule is CC(C)(C)[O-].O=Cc1sccc1Br.[2H]CF.[2H]CF.[C-]#[N+]/C(=C\c1sccc1Br)c1ccc(/C=C/C2=C(C#N)C(=C(C#N)C#N)OC2(C)C)s1.[C-]#[N+]/C(=C\c1sccc1C#N)c1ccc(/C=C/C2=C(C#N)C(=C(C#N)C#N)OC2(C)C)s1.[C-]#[N+]Cc1ccc(/C=C/C2=C([N+]#[C-])C(=C(C#N)C#N)OC2(C)C)s1.[K+]. The first-order valence-electron chi connectivity index (χ1n) is 30.6. The fourth-order valence-electron chi connectivity index (χ4n) is 8.61. The zero-order valence-electron chi connectivity index (χ0n) is 59.6. The molecule has 0 unspecified atom stereocenters. The summed E-state index contributed by atoms with van der Waals surface area (Å²) < 4.78 is 50.1. The van der Waals surface area contributed by atoms with Crippen LogP contribution in [0.3, 0.4) is 0 Å². The third-order valence-electron chi connectivity index (χ3n) is 13.1. The average Bonchev–Trinajstić information content (AvgIpc) is 1.64. The number of carbonyl (C=O) groups is 1. The van der Waals surface area contributed by atoms with Crippen molar-refractivity contribution < 1.29 is 87.0 Å². The minimum atomic E-state index is -1.00. The van der Waals surface area contributed by atoms with Crippen LogP contribution in [-0.2, 0) is 20.8 Å². The molecule has 0 spiro atoms. The monoisotopic (exact) mass is 1660 g/mol. The Hall–Kier alpha value is -9.80. The molecule has 0 fully saturated rings. The Balaban J connectivity index is 0.000000485. The van der Waals surface area contributed by atoms with Crippen molar-refractivity contribution in [1.29, 1.82) is 47.4 Å². The molecule has 105 heavy (non-hydrogen) atoms. The predicted octanol–water partition coefficient (Wildman–Crippen LogP) is 18.1. The Morgan fingerprint density at radius 3 is 1.28 bits per heavy atom. The maximum absolute atomic E-state index is 10.1. The molecular weight excluding hydrogens is 1600 g/mol. The molecule has 0 radical (unpaired) electrons. The van der Waals surface area contributed by atoms with Crippen LogP contribution in [0.25, 0.3) is 61.2 Å². The number of carbonyl (C=O) groups excluding carboxylic acids is 1. The van der Waals surface area contributed by atoms with E-state index in [2.05, 4.69) is 63.4 Å². The van der Waals surface area contributed by atoms with Gasteiger partial charge >= 0.3 is 51.4 Å². The van der Waals surface area contributed by atoms with Crippen LogP contribution in [0.2, 0.25) is 0 Å². The molecule has 3 aliphatic rings. The van der Waals surface area contributed by atoms with Crippen LogP contribution >= 0.6 is 99.9 Å². The van der Waals surface area contributed by atoms with Crippen LogP contribution in [0.15, 0.2) is 165 Å². The molecule has 29 heteroatoms. The van der Waals surface area contributed by atoms with E-state index < -0.39 is 36.7 Å². The van der Waals surface area contributed by atoms with Crippen molar-refractivity contribution in [2.45, 2.75) is 91.3 Å². The van der Waals surface area contributed by atoms with E-state index in [1.54, 1.807) is 147 Å². The molecule has 18 nitrogen and oxygen atoms in total. The fraction of sp³-hybridized carbons (Fsp3) is 0.211. The number of aldehydes is 1. The summed E-state index contributed by atoms with van der Waals surface area (Å²) in [6, 6.07) is 33.7. The standard InChI is InChI=1S/C24H13N5OS2.C23H13BrN4OS2.C18H12N4OS.C5H3BrOS.C4H9O.2CH3F.K/c1-24(2)19(18(14-28)23(30-24)16(12-26)13-27)6-4-17-5-7-21(32-17)20(29-3)10-22-15(11-25)8-9-31-22;1-23(2)17(16(13-27)22(29-23)14(11-25)12-26)6-4-15-5-7-20(31-15)19(28-3)10-21-18(24)8-9-30-21;1-18(2)15(8-7-13-5-6-14(24-13)11-21-3)16(22-4)17(23-18)12(9-19)10-20;6-4-1-2-8-5(4)3-7;1-4(2,3)5;2*1-2;/h4-10H,1-2H3;4-10H,1-2H3;5-8H,11H2,1-2H3;1-3H;1-3H3;2*1H3;/q;;;;-1;;;+1/b6-4+,20-10-;6-4+,19-10-;8-7+;;;;;/i;;;;;2*1D;. The smallest absolute Gasteiger partial charge is 0.850 e. The average molecular weight is 1660 g/mol. The zero-order valence-corrected chi connectivity index (χ0v) is 68.8. The number of nitrogens with zero attached hydrogens (tertiary/aromatic N) is 13. The van der Waals surface area contributed by atoms with Gasteiger partial charge < -0.3 is 24.2 Å². The Kier molecular flexibility index (Phi) is 36.8. The molecule has 9 heterocycles. The van der Waals surface area contributed by atoms with Gasteiger partial charge in [0, 0.05) is 59.8 Å². The molecule has 6 aromatic rings. The Bertz CT molecular complexity index is 5190. The van der Waals surface area contributed by atoms with Crippen LogP contribution in [-0.4, -0.2) is 43.0 Å². The first-order valence-corrected chi connectivity index (χ1v) is 35.8. The topological polar surface area (TPSA) is 299 Å². The van der Waals surface area contributed by atoms with Gasteiger partial charge in [-0.05, 0) is 162 Å². The number of thiophene rings is 6. The van der Waals surface area contributed by atoms with Crippen LogP contribution in [0.5, 0.6) is 0 Å². The van der Waals surface area contributed by atoms with Crippen molar-refractivity contribution in [3.05, 3.63) is 261 Å². The van der Waals surface area contributed by atoms with E-state index >= 15 is 0 Å². The van der Waals surface area contributed by atoms with Crippen molar-refractivity contribution in [3.63, 3.8) is 0 Å². The largest absolute Gasteiger partial charge is 1.00 e. The molecule has 3 aliphatic heterocycles. The molecule has 0 aliphatic carbocycles. The van der Waals surface area contributed by atoms with Crippen molar-refractivity contribution in [2.75, 3.05) is 14.3 Å². The zero-order chi connectivity index (χ0) is 79.5. The van der Waals surface area contributed by atoms with Gasteiger partial charge in [-0.25, -0.2) is 21.1 Å². The van der Waals surface area contributed by atoms with Crippen molar-refractivity contribution in [2.24, 2.45) is 0 Å². The van der Waals surface area contributed by atoms with Crippen molar-refractivity contribution in [1.82, 2.24) is 0 Å². The van der Waals surface area contributed by atoms with Crippen molar-refractivity contribution in [3.8, 4) is 54.6 Å². The van der Waals surface area contributed by atoms with Gasteiger partial charge in [-0.15, -0.1) is 73.6 Å². The van der Waals surface area contributed by atoms with Gasteiger partial charge in [-0.2, -0.15) is 47.4 Å². The Labute approximate surface area is 695 Å². The minimum Gasteiger partial charge on any atom is -0.850 e. The Morgan fingerprint density at radius 2 is 0.914 bits per heavy atom. The summed E-state index contributed by atoms with van der Waals surface area (Å²) in [4.78, 5) is 31.9. The summed E-state index contributed by atoms with van der Waals surface area (Å²) in [6.07, 6.45) is 15.2. The first-order chi connectivity index (χ1) is 50.3. The van der Waals surface area contributed by atoms with Gasteiger partial charge in [0.25, 0.3) is 0 Å². The number of hydrogen-bond acceptors (Lipinski definition) is 20. The molecule has 0 saturated carbocycles. The van der Waals surface area contributed by atoms with Gasteiger partial charge in [-0.3, -0.25) is 13.6 Å². The van der Waals surface area contributed by atoms with E-state index in [-0.39, 0.29) is 102 Å². The maximum atomic E-state index is 10.1. The molecule has 0 N–H and O–H groups in total. The summed E-state index contributed by atoms with van der Waals surface area (Å²) in [5, 5.41) is 98.9. The molecule has 6 aromatic heterocycles. The number of allylic oxidation sites excluding steroid dienone is 5. The van der Waals surface area contributed by atoms with Crippen LogP contribution in [0, 0.1) is 128 Å². The normalized spacial score (nSPS) is 14.1. The molecule has 0 amide bonds. The molecule has 0 atom stereocenters. The van der Waals surface area contributed by atoms with E-state index in [9.17, 15) is 34.5 Å². The molecule has 520 valence electrons. The van der Waals surface area contributed by atoms with Crippen LogP contribution in [0.4, 0.5) is 8.78 Å². The molecular formula is C76H56Br2F2KN13O5S6. The second kappa shape index (κ2) is 44.1. The number of alkyl halides is 2. The van der Waals surface area contributed by atoms with E-state index in [4.69, 9.17) is 74.8 Å². The van der Waals surface area contributed by atoms with Gasteiger partial charge in [0.1, 0.15) is 82.6 Å². The minimum absolute atomic E-state index is 0. The van der Waals surface area contributed by atoms with E-state index in [0.717, 1.165) is 59.1 Å². The van der Waals surface area contributed by atoms with E-state index in [1.807, 2.05) is 89.0 Å². The fourth-order valence-corrected chi connectivity index (χ4v) is 14.6. The van der Waals surface area contributed by atoms with Gasteiger partial charge in [0.15, 0.2) is 40.3 Å². The van der Waals surface area contributed by atoms with Gasteiger partial charge in [-0.1, -0.05) is 51.1 Å². The quantitative estimate of drug-likeness (QED) is 0.0476. The number of rotatable bonds is 12. The Morgan fingerprint density at radius 1 is 0.552 bits per heavy atom. The molecule has 9 rings (SSSR count). The van der Waals surface area contributed by atoms with Crippen LogP contribution in [0.1, 0.15) is 119 Å². The summed E-state index contributed by atoms with van der Waals surface area (Å²) in [5.74, 6) is 0.0554. The predicted molar refractivity (Wildman–Crippen MR) is 411 cm³/mol. The van der Waals surface area contributed by atoms with Gasteiger partial charge in [0.05, 0.1) is 52.1 Å². The summed E-state index contributed by atoms with van der Waals surface area (Å²) in [6.45, 7) is 45.2. The molecule has 0 saturated heterocycles. The van der Waals surface area contributed by atoms with E-state index in [0.29, 0.717) is 40.2 Å².